The lowest BCUT2D eigenvalue weighted by Gasteiger charge is -2.11. The van der Waals surface area contributed by atoms with E-state index in [0.717, 1.165) is 4.88 Å². The van der Waals surface area contributed by atoms with Gasteiger partial charge in [-0.2, -0.15) is 0 Å². The number of ether oxygens (including phenoxy) is 1. The molecule has 0 atom stereocenters. The van der Waals surface area contributed by atoms with Crippen LogP contribution < -0.4 is 15.8 Å². The lowest BCUT2D eigenvalue weighted by Crippen LogP contribution is -2.24. The van der Waals surface area contributed by atoms with Gasteiger partial charge in [-0.25, -0.2) is 0 Å². The molecule has 0 saturated carbocycles. The van der Waals surface area contributed by atoms with Gasteiger partial charge in [-0.1, -0.05) is 6.07 Å². The third-order valence-corrected chi connectivity index (χ3v) is 3.91. The predicted octanol–water partition coefficient (Wildman–Crippen LogP) is 2.58. The van der Waals surface area contributed by atoms with Crippen LogP contribution in [0.5, 0.6) is 5.75 Å². The van der Waals surface area contributed by atoms with Crippen LogP contribution in [-0.2, 0) is 6.54 Å². The zero-order valence-electron chi connectivity index (χ0n) is 10.9. The van der Waals surface area contributed by atoms with Crippen LogP contribution in [0.1, 0.15) is 20.8 Å². The van der Waals surface area contributed by atoms with E-state index in [1.165, 1.54) is 12.7 Å². The van der Waals surface area contributed by atoms with Gasteiger partial charge in [-0.3, -0.25) is 4.79 Å². The number of anilines is 1. The number of amides is 1. The van der Waals surface area contributed by atoms with Crippen molar-refractivity contribution in [2.75, 3.05) is 12.8 Å². The monoisotopic (exact) mass is 276 g/mol. The van der Waals surface area contributed by atoms with E-state index in [4.69, 9.17) is 10.5 Å². The van der Waals surface area contributed by atoms with Crippen LogP contribution >= 0.6 is 11.3 Å². The number of rotatable bonds is 4. The molecule has 0 unspecified atom stereocenters. The molecule has 19 heavy (non-hydrogen) atoms. The van der Waals surface area contributed by atoms with Crippen molar-refractivity contribution in [1.29, 1.82) is 0 Å². The Morgan fingerprint density at radius 2 is 2.21 bits per heavy atom. The summed E-state index contributed by atoms with van der Waals surface area (Å²) in [5, 5.41) is 4.88. The standard InChI is InChI=1S/C14H16N2O2S/c1-9-6-7-19-12(9)8-16-14(17)13-10(15)4-3-5-11(13)18-2/h3-7H,8,15H2,1-2H3,(H,16,17). The summed E-state index contributed by atoms with van der Waals surface area (Å²) in [6, 6.07) is 7.20. The van der Waals surface area contributed by atoms with Crippen molar-refractivity contribution in [3.63, 3.8) is 0 Å². The first-order valence-electron chi connectivity index (χ1n) is 5.87. The molecule has 0 aliphatic carbocycles. The van der Waals surface area contributed by atoms with E-state index < -0.39 is 0 Å². The number of nitrogen functional groups attached to an aromatic ring is 1. The molecule has 100 valence electrons. The van der Waals surface area contributed by atoms with Gasteiger partial charge in [0.1, 0.15) is 11.3 Å². The van der Waals surface area contributed by atoms with E-state index in [1.807, 2.05) is 18.4 Å². The summed E-state index contributed by atoms with van der Waals surface area (Å²) in [5.74, 6) is 0.267. The molecule has 1 heterocycles. The van der Waals surface area contributed by atoms with Crippen LogP contribution in [0, 0.1) is 6.92 Å². The number of methoxy groups -OCH3 is 1. The largest absolute Gasteiger partial charge is 0.496 e. The quantitative estimate of drug-likeness (QED) is 0.844. The minimum Gasteiger partial charge on any atom is -0.496 e. The molecule has 3 N–H and O–H groups in total. The van der Waals surface area contributed by atoms with Crippen LogP contribution in [-0.4, -0.2) is 13.0 Å². The van der Waals surface area contributed by atoms with Gasteiger partial charge in [-0.05, 0) is 36.1 Å². The smallest absolute Gasteiger partial charge is 0.257 e. The maximum absolute atomic E-state index is 12.2. The first kappa shape index (κ1) is 13.4. The Kier molecular flexibility index (Phi) is 4.06. The molecule has 0 radical (unpaired) electrons. The highest BCUT2D eigenvalue weighted by Crippen LogP contribution is 2.24. The summed E-state index contributed by atoms with van der Waals surface area (Å²) in [6.45, 7) is 2.52. The number of nitrogens with two attached hydrogens (primary N) is 1. The molecule has 2 rings (SSSR count). The summed E-state index contributed by atoms with van der Waals surface area (Å²) in [6.07, 6.45) is 0. The zero-order valence-corrected chi connectivity index (χ0v) is 11.7. The molecule has 0 bridgehead atoms. The number of nitrogens with one attached hydrogen (secondary N) is 1. The average molecular weight is 276 g/mol. The molecule has 5 heteroatoms. The SMILES string of the molecule is COc1cccc(N)c1C(=O)NCc1sccc1C. The van der Waals surface area contributed by atoms with Crippen molar-refractivity contribution < 1.29 is 9.53 Å². The van der Waals surface area contributed by atoms with Crippen molar-refractivity contribution in [1.82, 2.24) is 5.32 Å². The van der Waals surface area contributed by atoms with Gasteiger partial charge >= 0.3 is 0 Å². The van der Waals surface area contributed by atoms with Gasteiger partial charge in [0.05, 0.1) is 13.7 Å². The first-order valence-corrected chi connectivity index (χ1v) is 6.75. The van der Waals surface area contributed by atoms with Crippen molar-refractivity contribution in [3.05, 3.63) is 45.6 Å². The van der Waals surface area contributed by atoms with Crippen LogP contribution in [0.3, 0.4) is 0 Å². The number of aryl methyl sites for hydroxylation is 1. The Balaban J connectivity index is 2.14. The number of benzene rings is 1. The lowest BCUT2D eigenvalue weighted by molar-refractivity contribution is 0.0949. The van der Waals surface area contributed by atoms with Crippen molar-refractivity contribution >= 4 is 22.9 Å². The lowest BCUT2D eigenvalue weighted by atomic mass is 10.1. The third kappa shape index (κ3) is 2.88. The van der Waals surface area contributed by atoms with Crippen LogP contribution in [0.4, 0.5) is 5.69 Å². The second kappa shape index (κ2) is 5.75. The second-order valence-electron chi connectivity index (χ2n) is 4.13. The van der Waals surface area contributed by atoms with E-state index in [1.54, 1.807) is 29.5 Å². The molecule has 1 aromatic carbocycles. The topological polar surface area (TPSA) is 64.3 Å². The number of carbonyl (C=O) groups excluding carboxylic acids is 1. The molecule has 0 aliphatic rings. The molecule has 4 nitrogen and oxygen atoms in total. The fourth-order valence-electron chi connectivity index (χ4n) is 1.80. The number of carbonyl (C=O) groups is 1. The molecule has 0 aliphatic heterocycles. The Bertz CT molecular complexity index is 593. The van der Waals surface area contributed by atoms with Crippen molar-refractivity contribution in [3.8, 4) is 5.75 Å². The fourth-order valence-corrected chi connectivity index (χ4v) is 2.64. The molecule has 0 spiro atoms. The highest BCUT2D eigenvalue weighted by Gasteiger charge is 2.15. The molecule has 0 saturated heterocycles. The number of thiophene rings is 1. The molecular weight excluding hydrogens is 260 g/mol. The Labute approximate surface area is 116 Å². The van der Waals surface area contributed by atoms with Crippen molar-refractivity contribution in [2.45, 2.75) is 13.5 Å². The van der Waals surface area contributed by atoms with Gasteiger partial charge in [0.25, 0.3) is 5.91 Å². The highest BCUT2D eigenvalue weighted by atomic mass is 32.1. The molecular formula is C14H16N2O2S. The van der Waals surface area contributed by atoms with Crippen molar-refractivity contribution in [2.24, 2.45) is 0 Å². The first-order chi connectivity index (χ1) is 9.13. The summed E-state index contributed by atoms with van der Waals surface area (Å²) in [7, 11) is 1.52. The molecule has 1 amide bonds. The summed E-state index contributed by atoms with van der Waals surface area (Å²) >= 11 is 1.62. The Morgan fingerprint density at radius 1 is 1.42 bits per heavy atom. The molecule has 2 aromatic rings. The minimum atomic E-state index is -0.220. The summed E-state index contributed by atoms with van der Waals surface area (Å²) in [4.78, 5) is 13.3. The van der Waals surface area contributed by atoms with Gasteiger partial charge in [0.15, 0.2) is 0 Å². The predicted molar refractivity (Wildman–Crippen MR) is 77.6 cm³/mol. The zero-order chi connectivity index (χ0) is 13.8. The normalized spacial score (nSPS) is 10.2. The molecule has 1 aromatic heterocycles. The van der Waals surface area contributed by atoms with E-state index >= 15 is 0 Å². The van der Waals surface area contributed by atoms with Gasteiger partial charge in [-0.15, -0.1) is 11.3 Å². The van der Waals surface area contributed by atoms with Gasteiger partial charge < -0.3 is 15.8 Å². The number of hydrogen-bond donors (Lipinski definition) is 2. The maximum atomic E-state index is 12.2. The summed E-state index contributed by atoms with van der Waals surface area (Å²) in [5.41, 5.74) is 7.82. The van der Waals surface area contributed by atoms with Crippen LogP contribution in [0.15, 0.2) is 29.6 Å². The Hall–Kier alpha value is -2.01. The number of hydrogen-bond acceptors (Lipinski definition) is 4. The maximum Gasteiger partial charge on any atom is 0.257 e. The van der Waals surface area contributed by atoms with Gasteiger partial charge in [0.2, 0.25) is 0 Å². The molecule has 0 fully saturated rings. The van der Waals surface area contributed by atoms with Crippen LogP contribution in [0.2, 0.25) is 0 Å². The third-order valence-electron chi connectivity index (χ3n) is 2.88. The van der Waals surface area contributed by atoms with E-state index in [2.05, 4.69) is 5.32 Å². The minimum absolute atomic E-state index is 0.220. The average Bonchev–Trinajstić information content (AvgIpc) is 2.81. The van der Waals surface area contributed by atoms with E-state index in [0.29, 0.717) is 23.5 Å². The summed E-state index contributed by atoms with van der Waals surface area (Å²) < 4.78 is 5.17. The van der Waals surface area contributed by atoms with Crippen LogP contribution in [0.25, 0.3) is 0 Å². The second-order valence-corrected chi connectivity index (χ2v) is 5.13. The van der Waals surface area contributed by atoms with E-state index in [9.17, 15) is 4.79 Å². The fraction of sp³-hybridized carbons (Fsp3) is 0.214. The highest BCUT2D eigenvalue weighted by molar-refractivity contribution is 7.10. The Morgan fingerprint density at radius 3 is 2.84 bits per heavy atom. The van der Waals surface area contributed by atoms with Gasteiger partial charge in [0, 0.05) is 10.6 Å². The van der Waals surface area contributed by atoms with E-state index in [-0.39, 0.29) is 5.91 Å².